The topological polar surface area (TPSA) is 120 Å². The van der Waals surface area contributed by atoms with Gasteiger partial charge in [0.25, 0.3) is 0 Å². The number of nitrogens with zero attached hydrogens (tertiary/aromatic N) is 4. The number of nitrogens with one attached hydrogen (secondary N) is 2. The Morgan fingerprint density at radius 1 is 1.16 bits per heavy atom. The summed E-state index contributed by atoms with van der Waals surface area (Å²) in [6, 6.07) is 16.8. The summed E-state index contributed by atoms with van der Waals surface area (Å²) in [6.45, 7) is 5.27. The number of anilines is 4. The van der Waals surface area contributed by atoms with Gasteiger partial charge in [0, 0.05) is 43.5 Å². The van der Waals surface area contributed by atoms with E-state index in [1.165, 1.54) is 18.9 Å². The van der Waals surface area contributed by atoms with Gasteiger partial charge in [-0.2, -0.15) is 4.98 Å². The quantitative estimate of drug-likeness (QED) is 0.357. The van der Waals surface area contributed by atoms with E-state index in [0.29, 0.717) is 29.6 Å². The first-order chi connectivity index (χ1) is 18.4. The molecule has 10 heteroatoms. The van der Waals surface area contributed by atoms with Crippen LogP contribution < -0.4 is 25.2 Å². The third kappa shape index (κ3) is 6.70. The minimum absolute atomic E-state index is 0.0356. The van der Waals surface area contributed by atoms with Crippen LogP contribution in [0.5, 0.6) is 5.75 Å². The lowest BCUT2D eigenvalue weighted by molar-refractivity contribution is -0.119. The number of aryl methyl sites for hydroxylation is 1. The first-order valence-corrected chi connectivity index (χ1v) is 12.8. The Morgan fingerprint density at radius 2 is 1.95 bits per heavy atom. The van der Waals surface area contributed by atoms with Gasteiger partial charge >= 0.3 is 6.09 Å². The molecule has 0 bridgehead atoms. The Bertz CT molecular complexity index is 1270. The number of carbonyl (C=O) groups excluding carboxylic acids is 1. The van der Waals surface area contributed by atoms with Gasteiger partial charge in [0.15, 0.2) is 0 Å². The summed E-state index contributed by atoms with van der Waals surface area (Å²) in [5, 5.41) is 16.3. The highest BCUT2D eigenvalue weighted by Gasteiger charge is 2.25. The lowest BCUT2D eigenvalue weighted by Gasteiger charge is -2.23. The summed E-state index contributed by atoms with van der Waals surface area (Å²) in [6.07, 6.45) is 1.49. The highest BCUT2D eigenvalue weighted by molar-refractivity contribution is 5.89. The third-order valence-electron chi connectivity index (χ3n) is 6.33. The number of aromatic nitrogens is 2. The van der Waals surface area contributed by atoms with Crippen molar-refractivity contribution in [2.75, 3.05) is 35.3 Å². The zero-order valence-corrected chi connectivity index (χ0v) is 22.0. The van der Waals surface area contributed by atoms with E-state index in [2.05, 4.69) is 22.5 Å². The lowest BCUT2D eigenvalue weighted by Crippen LogP contribution is -2.35. The van der Waals surface area contributed by atoms with Gasteiger partial charge in [-0.15, -0.1) is 0 Å². The van der Waals surface area contributed by atoms with Crippen molar-refractivity contribution in [2.24, 2.45) is 0 Å². The fraction of sp³-hybridized carbons (Fsp3) is 0.357. The normalized spacial score (nSPS) is 14.7. The predicted octanol–water partition coefficient (Wildman–Crippen LogP) is 4.58. The molecule has 4 rings (SSSR count). The smallest absolute Gasteiger partial charge is 0.412 e. The van der Waals surface area contributed by atoms with E-state index >= 15 is 0 Å². The molecule has 0 spiro atoms. The largest absolute Gasteiger partial charge is 0.495 e. The Labute approximate surface area is 222 Å². The molecular weight excluding hydrogens is 484 g/mol. The van der Waals surface area contributed by atoms with Gasteiger partial charge in [-0.05, 0) is 36.6 Å². The van der Waals surface area contributed by atoms with E-state index in [1.807, 2.05) is 42.5 Å². The van der Waals surface area contributed by atoms with Gasteiger partial charge < -0.3 is 25.4 Å². The highest BCUT2D eigenvalue weighted by Crippen LogP contribution is 2.34. The predicted molar refractivity (Wildman–Crippen MR) is 147 cm³/mol. The highest BCUT2D eigenvalue weighted by atomic mass is 16.5. The average molecular weight is 519 g/mol. The van der Waals surface area contributed by atoms with Crippen LogP contribution in [-0.4, -0.2) is 53.3 Å². The molecule has 2 aromatic carbocycles. The SMILES string of the molecule is CCCc1cc(N2CC[C@H](NC(C)=O)C2)nc(Nc2ccc(OC)c(N(Cc3ccccc3)C(=O)O)c2)n1. The lowest BCUT2D eigenvalue weighted by atomic mass is 10.2. The van der Waals surface area contributed by atoms with E-state index in [-0.39, 0.29) is 18.5 Å². The minimum atomic E-state index is -1.09. The molecule has 0 unspecified atom stereocenters. The number of carbonyl (C=O) groups is 2. The molecule has 10 nitrogen and oxygen atoms in total. The molecule has 1 fully saturated rings. The van der Waals surface area contributed by atoms with Crippen LogP contribution in [0.4, 0.5) is 27.9 Å². The van der Waals surface area contributed by atoms with Gasteiger partial charge in [-0.1, -0.05) is 43.7 Å². The van der Waals surface area contributed by atoms with Crippen LogP contribution in [-0.2, 0) is 17.8 Å². The molecule has 1 saturated heterocycles. The third-order valence-corrected chi connectivity index (χ3v) is 6.33. The van der Waals surface area contributed by atoms with Crippen molar-refractivity contribution < 1.29 is 19.4 Å². The van der Waals surface area contributed by atoms with Gasteiger partial charge in [0.05, 0.1) is 19.3 Å². The Kier molecular flexibility index (Phi) is 8.62. The molecule has 3 N–H and O–H groups in total. The number of hydrogen-bond donors (Lipinski definition) is 3. The van der Waals surface area contributed by atoms with Crippen molar-refractivity contribution in [2.45, 2.75) is 45.7 Å². The van der Waals surface area contributed by atoms with Gasteiger partial charge in [0.1, 0.15) is 11.6 Å². The number of benzene rings is 2. The van der Waals surface area contributed by atoms with Crippen molar-refractivity contribution >= 4 is 35.1 Å². The van der Waals surface area contributed by atoms with Crippen molar-refractivity contribution in [1.29, 1.82) is 0 Å². The van der Waals surface area contributed by atoms with E-state index in [1.54, 1.807) is 12.1 Å². The second-order valence-electron chi connectivity index (χ2n) is 9.29. The molecule has 1 aromatic heterocycles. The average Bonchev–Trinajstić information content (AvgIpc) is 3.36. The minimum Gasteiger partial charge on any atom is -0.495 e. The summed E-state index contributed by atoms with van der Waals surface area (Å²) < 4.78 is 5.49. The van der Waals surface area contributed by atoms with Crippen LogP contribution in [0.25, 0.3) is 0 Å². The van der Waals surface area contributed by atoms with E-state index in [9.17, 15) is 14.7 Å². The summed E-state index contributed by atoms with van der Waals surface area (Å²) in [5.74, 6) is 1.63. The maximum atomic E-state index is 12.2. The van der Waals surface area contributed by atoms with Gasteiger partial charge in [-0.25, -0.2) is 9.78 Å². The van der Waals surface area contributed by atoms with Gasteiger partial charge in [-0.3, -0.25) is 9.69 Å². The number of rotatable bonds is 10. The fourth-order valence-electron chi connectivity index (χ4n) is 4.59. The summed E-state index contributed by atoms with van der Waals surface area (Å²) >= 11 is 0. The second-order valence-corrected chi connectivity index (χ2v) is 9.29. The van der Waals surface area contributed by atoms with Crippen LogP contribution >= 0.6 is 0 Å². The molecule has 2 amide bonds. The van der Waals surface area contributed by atoms with Crippen LogP contribution in [0.1, 0.15) is 37.9 Å². The monoisotopic (exact) mass is 518 g/mol. The molecule has 0 saturated carbocycles. The van der Waals surface area contributed by atoms with Crippen LogP contribution in [0.2, 0.25) is 0 Å². The standard InChI is InChI=1S/C28H34N6O4/c1-4-8-21-16-26(33-14-13-23(18-33)29-19(2)35)32-27(30-21)31-22-11-12-25(38-3)24(15-22)34(28(36)37)17-20-9-6-5-7-10-20/h5-7,9-12,15-16,23H,4,8,13-14,17-18H2,1-3H3,(H,29,35)(H,36,37)(H,30,31,32)/t23-/m0/s1. The molecule has 38 heavy (non-hydrogen) atoms. The number of methoxy groups -OCH3 is 1. The van der Waals surface area contributed by atoms with Gasteiger partial charge in [0.2, 0.25) is 11.9 Å². The molecule has 1 aliphatic rings. The molecule has 1 atom stereocenters. The summed E-state index contributed by atoms with van der Waals surface area (Å²) in [7, 11) is 1.52. The zero-order valence-electron chi connectivity index (χ0n) is 22.0. The fourth-order valence-corrected chi connectivity index (χ4v) is 4.59. The maximum absolute atomic E-state index is 12.2. The van der Waals surface area contributed by atoms with Crippen molar-refractivity contribution in [1.82, 2.24) is 15.3 Å². The van der Waals surface area contributed by atoms with Crippen LogP contribution in [0.3, 0.4) is 0 Å². The van der Waals surface area contributed by atoms with Crippen molar-refractivity contribution in [3.63, 3.8) is 0 Å². The molecular formula is C28H34N6O4. The first-order valence-electron chi connectivity index (χ1n) is 12.8. The van der Waals surface area contributed by atoms with Crippen LogP contribution in [0, 0.1) is 0 Å². The molecule has 1 aliphatic heterocycles. The van der Waals surface area contributed by atoms with Crippen LogP contribution in [0.15, 0.2) is 54.6 Å². The Morgan fingerprint density at radius 3 is 2.63 bits per heavy atom. The van der Waals surface area contributed by atoms with E-state index < -0.39 is 6.09 Å². The maximum Gasteiger partial charge on any atom is 0.412 e. The Hall–Kier alpha value is -4.34. The summed E-state index contributed by atoms with van der Waals surface area (Å²) in [4.78, 5) is 36.6. The first kappa shape index (κ1) is 26.7. The zero-order chi connectivity index (χ0) is 27.1. The molecule has 0 aliphatic carbocycles. The number of hydrogen-bond acceptors (Lipinski definition) is 7. The molecule has 0 radical (unpaired) electrons. The molecule has 2 heterocycles. The number of ether oxygens (including phenoxy) is 1. The summed E-state index contributed by atoms with van der Waals surface area (Å²) in [5.41, 5.74) is 2.82. The van der Waals surface area contributed by atoms with Crippen molar-refractivity contribution in [3.05, 3.63) is 65.9 Å². The molecule has 200 valence electrons. The number of carboxylic acid groups (broad SMARTS) is 1. The Balaban J connectivity index is 1.62. The molecule has 3 aromatic rings. The van der Waals surface area contributed by atoms with Crippen molar-refractivity contribution in [3.8, 4) is 5.75 Å². The second kappa shape index (κ2) is 12.3. The number of amides is 2. The van der Waals surface area contributed by atoms with E-state index in [4.69, 9.17) is 14.7 Å². The van der Waals surface area contributed by atoms with E-state index in [0.717, 1.165) is 42.9 Å².